The molecule has 3 aromatic rings. The number of thioether (sulfide) groups is 1. The van der Waals surface area contributed by atoms with Crippen molar-refractivity contribution in [2.24, 2.45) is 5.92 Å². The average Bonchev–Trinajstić information content (AvgIpc) is 2.98. The first-order chi connectivity index (χ1) is 19.5. The van der Waals surface area contributed by atoms with Crippen molar-refractivity contribution >= 4 is 29.6 Å². The summed E-state index contributed by atoms with van der Waals surface area (Å²) in [6.07, 6.45) is 11.5. The second-order valence-corrected chi connectivity index (χ2v) is 12.2. The number of rotatable bonds is 13. The Labute approximate surface area is 244 Å². The summed E-state index contributed by atoms with van der Waals surface area (Å²) < 4.78 is 0. The lowest BCUT2D eigenvalue weighted by Gasteiger charge is -2.29. The van der Waals surface area contributed by atoms with E-state index in [1.54, 1.807) is 11.8 Å². The molecule has 0 unspecified atom stereocenters. The molecule has 1 atom stereocenters. The van der Waals surface area contributed by atoms with Crippen LogP contribution in [0.4, 0.5) is 5.69 Å². The van der Waals surface area contributed by atoms with Gasteiger partial charge in [0, 0.05) is 24.3 Å². The number of aryl methyl sites for hydroxylation is 2. The van der Waals surface area contributed by atoms with Crippen molar-refractivity contribution in [3.05, 3.63) is 89.0 Å². The smallest absolute Gasteiger partial charge is 0.252 e. The Hall–Kier alpha value is -3.05. The molecule has 3 aromatic carbocycles. The van der Waals surface area contributed by atoms with Crippen LogP contribution in [0.5, 0.6) is 0 Å². The van der Waals surface area contributed by atoms with Crippen molar-refractivity contribution in [1.29, 1.82) is 0 Å². The zero-order valence-electron chi connectivity index (χ0n) is 24.3. The van der Waals surface area contributed by atoms with Crippen molar-refractivity contribution in [2.45, 2.75) is 71.4 Å². The molecule has 0 bridgehead atoms. The third-order valence-electron chi connectivity index (χ3n) is 8.15. The molecule has 0 heterocycles. The quantitative estimate of drug-likeness (QED) is 0.217. The molecule has 40 heavy (non-hydrogen) atoms. The fourth-order valence-corrected chi connectivity index (χ4v) is 6.30. The molecule has 1 saturated carbocycles. The van der Waals surface area contributed by atoms with Gasteiger partial charge in [0.1, 0.15) is 6.29 Å². The van der Waals surface area contributed by atoms with E-state index in [4.69, 9.17) is 0 Å². The summed E-state index contributed by atoms with van der Waals surface area (Å²) in [6.45, 7) is 6.03. The predicted molar refractivity (Wildman–Crippen MR) is 170 cm³/mol. The number of anilines is 1. The average molecular weight is 557 g/mol. The molecule has 1 aliphatic rings. The monoisotopic (exact) mass is 556 g/mol. The van der Waals surface area contributed by atoms with E-state index in [0.29, 0.717) is 12.0 Å². The van der Waals surface area contributed by atoms with Gasteiger partial charge >= 0.3 is 0 Å². The van der Waals surface area contributed by atoms with Crippen LogP contribution in [0.1, 0.15) is 72.0 Å². The standard InChI is InChI=1S/C35H44N2O2S/c1-26-10-9-14-31(22-26)37(20-18-28-12-5-4-6-13-28)24-29-16-17-33(35(39)36-30(25-38)19-21-40-3)34(23-29)32-15-8-7-11-27(32)2/h7-11,14-17,22-23,25,28,30H,4-6,12-13,18-21,24H2,1-3H3,(H,36,39)/t30-/m0/s1. The number of amides is 1. The molecular weight excluding hydrogens is 512 g/mol. The Morgan fingerprint density at radius 3 is 2.52 bits per heavy atom. The minimum atomic E-state index is -0.485. The Bertz CT molecular complexity index is 1270. The highest BCUT2D eigenvalue weighted by atomic mass is 32.2. The van der Waals surface area contributed by atoms with Gasteiger partial charge in [-0.2, -0.15) is 11.8 Å². The molecule has 4 nitrogen and oxygen atoms in total. The van der Waals surface area contributed by atoms with Gasteiger partial charge in [-0.1, -0.05) is 74.6 Å². The highest BCUT2D eigenvalue weighted by Gasteiger charge is 2.20. The highest BCUT2D eigenvalue weighted by Crippen LogP contribution is 2.31. The van der Waals surface area contributed by atoms with Crippen molar-refractivity contribution in [3.63, 3.8) is 0 Å². The Balaban J connectivity index is 1.64. The molecule has 1 fully saturated rings. The normalized spacial score (nSPS) is 14.5. The number of hydrogen-bond acceptors (Lipinski definition) is 4. The lowest BCUT2D eigenvalue weighted by Crippen LogP contribution is -2.36. The maximum atomic E-state index is 13.5. The number of aldehydes is 1. The number of benzene rings is 3. The molecule has 0 spiro atoms. The van der Waals surface area contributed by atoms with Crippen molar-refractivity contribution < 1.29 is 9.59 Å². The van der Waals surface area contributed by atoms with Gasteiger partial charge in [-0.3, -0.25) is 4.79 Å². The minimum absolute atomic E-state index is 0.198. The van der Waals surface area contributed by atoms with Crippen LogP contribution in [0.25, 0.3) is 11.1 Å². The SMILES string of the molecule is CSCC[C@@H](C=O)NC(=O)c1ccc(CN(CCC2CCCCC2)c2cccc(C)c2)cc1-c1ccccc1C. The molecule has 4 rings (SSSR count). The predicted octanol–water partition coefficient (Wildman–Crippen LogP) is 8.00. The fourth-order valence-electron chi connectivity index (χ4n) is 5.81. The fraction of sp³-hybridized carbons (Fsp3) is 0.429. The summed E-state index contributed by atoms with van der Waals surface area (Å²) in [5, 5.41) is 2.97. The van der Waals surface area contributed by atoms with Gasteiger partial charge < -0.3 is 15.0 Å². The van der Waals surface area contributed by atoms with Crippen molar-refractivity contribution in [2.75, 3.05) is 23.5 Å². The molecule has 0 aromatic heterocycles. The number of carbonyl (C=O) groups excluding carboxylic acids is 2. The van der Waals surface area contributed by atoms with Gasteiger partial charge in [-0.15, -0.1) is 0 Å². The van der Waals surface area contributed by atoms with E-state index in [1.165, 1.54) is 55.3 Å². The molecule has 0 radical (unpaired) electrons. The highest BCUT2D eigenvalue weighted by molar-refractivity contribution is 7.98. The topological polar surface area (TPSA) is 49.4 Å². The molecule has 1 aliphatic carbocycles. The van der Waals surface area contributed by atoms with E-state index in [-0.39, 0.29) is 5.91 Å². The van der Waals surface area contributed by atoms with Crippen molar-refractivity contribution in [1.82, 2.24) is 5.32 Å². The zero-order valence-corrected chi connectivity index (χ0v) is 25.1. The van der Waals surface area contributed by atoms with E-state index < -0.39 is 6.04 Å². The lowest BCUT2D eigenvalue weighted by atomic mass is 9.87. The molecule has 1 amide bonds. The number of nitrogens with zero attached hydrogens (tertiary/aromatic N) is 1. The second-order valence-electron chi connectivity index (χ2n) is 11.2. The first kappa shape index (κ1) is 29.9. The van der Waals surface area contributed by atoms with Crippen LogP contribution >= 0.6 is 11.8 Å². The number of carbonyl (C=O) groups is 2. The van der Waals surface area contributed by atoms with Crippen LogP contribution in [0, 0.1) is 19.8 Å². The zero-order chi connectivity index (χ0) is 28.3. The molecule has 0 saturated heterocycles. The van der Waals surface area contributed by atoms with Crippen LogP contribution in [-0.2, 0) is 11.3 Å². The van der Waals surface area contributed by atoms with E-state index >= 15 is 0 Å². The van der Waals surface area contributed by atoms with Crippen LogP contribution in [0.2, 0.25) is 0 Å². The van der Waals surface area contributed by atoms with E-state index in [9.17, 15) is 9.59 Å². The summed E-state index contributed by atoms with van der Waals surface area (Å²) in [6, 6.07) is 22.7. The number of hydrogen-bond donors (Lipinski definition) is 1. The van der Waals surface area contributed by atoms with Crippen LogP contribution < -0.4 is 10.2 Å². The largest absolute Gasteiger partial charge is 0.367 e. The minimum Gasteiger partial charge on any atom is -0.367 e. The second kappa shape index (κ2) is 15.1. The summed E-state index contributed by atoms with van der Waals surface area (Å²) in [5.74, 6) is 1.44. The lowest BCUT2D eigenvalue weighted by molar-refractivity contribution is -0.109. The maximum Gasteiger partial charge on any atom is 0.252 e. The first-order valence-electron chi connectivity index (χ1n) is 14.7. The molecule has 0 aliphatic heterocycles. The first-order valence-corrected chi connectivity index (χ1v) is 16.1. The van der Waals surface area contributed by atoms with Gasteiger partial charge in [0.2, 0.25) is 0 Å². The van der Waals surface area contributed by atoms with E-state index in [0.717, 1.165) is 47.7 Å². The van der Waals surface area contributed by atoms with Crippen LogP contribution in [0.15, 0.2) is 66.7 Å². The molecule has 212 valence electrons. The number of nitrogens with one attached hydrogen (secondary N) is 1. The Morgan fingerprint density at radius 2 is 1.80 bits per heavy atom. The van der Waals surface area contributed by atoms with Gasteiger partial charge in [-0.05, 0) is 96.7 Å². The molecule has 5 heteroatoms. The van der Waals surface area contributed by atoms with Crippen LogP contribution in [-0.4, -0.2) is 36.8 Å². The van der Waals surface area contributed by atoms with Crippen LogP contribution in [0.3, 0.4) is 0 Å². The summed E-state index contributed by atoms with van der Waals surface area (Å²) in [7, 11) is 0. The molecular formula is C35H44N2O2S. The van der Waals surface area contributed by atoms with Gasteiger partial charge in [0.05, 0.1) is 6.04 Å². The summed E-state index contributed by atoms with van der Waals surface area (Å²) >= 11 is 1.67. The summed E-state index contributed by atoms with van der Waals surface area (Å²) in [4.78, 5) is 27.6. The van der Waals surface area contributed by atoms with E-state index in [1.807, 2.05) is 24.5 Å². The summed E-state index contributed by atoms with van der Waals surface area (Å²) in [5.41, 5.74) is 7.38. The van der Waals surface area contributed by atoms with E-state index in [2.05, 4.69) is 72.6 Å². The van der Waals surface area contributed by atoms with Gasteiger partial charge in [0.25, 0.3) is 5.91 Å². The molecule has 1 N–H and O–H groups in total. The third kappa shape index (κ3) is 8.23. The van der Waals surface area contributed by atoms with Gasteiger partial charge in [0.15, 0.2) is 0 Å². The van der Waals surface area contributed by atoms with Gasteiger partial charge in [-0.25, -0.2) is 0 Å². The maximum absolute atomic E-state index is 13.5. The van der Waals surface area contributed by atoms with Crippen molar-refractivity contribution in [3.8, 4) is 11.1 Å². The Kier molecular flexibility index (Phi) is 11.3. The Morgan fingerprint density at radius 1 is 1.00 bits per heavy atom. The third-order valence-corrected chi connectivity index (χ3v) is 8.79.